The maximum atomic E-state index is 13.5. The Labute approximate surface area is 160 Å². The minimum absolute atomic E-state index is 0.0527. The van der Waals surface area contributed by atoms with E-state index in [1.807, 2.05) is 0 Å². The third-order valence-corrected chi connectivity index (χ3v) is 6.55. The first kappa shape index (κ1) is 17.2. The highest BCUT2D eigenvalue weighted by Crippen LogP contribution is 2.44. The molecule has 0 saturated carbocycles. The lowest BCUT2D eigenvalue weighted by Gasteiger charge is -2.39. The van der Waals surface area contributed by atoms with Gasteiger partial charge in [0.25, 0.3) is 0 Å². The van der Waals surface area contributed by atoms with Gasteiger partial charge in [-0.05, 0) is 61.6 Å². The second-order valence-corrected chi connectivity index (χ2v) is 8.11. The molecule has 0 amide bonds. The van der Waals surface area contributed by atoms with Crippen molar-refractivity contribution in [3.05, 3.63) is 65.0 Å². The average Bonchev–Trinajstić information content (AvgIpc) is 3.26. The van der Waals surface area contributed by atoms with Crippen LogP contribution >= 0.6 is 0 Å². The van der Waals surface area contributed by atoms with Crippen molar-refractivity contribution >= 4 is 0 Å². The van der Waals surface area contributed by atoms with Crippen molar-refractivity contribution in [2.75, 3.05) is 26.2 Å². The minimum Gasteiger partial charge on any atom is -0.493 e. The Morgan fingerprint density at radius 2 is 1.96 bits per heavy atom. The predicted molar refractivity (Wildman–Crippen MR) is 102 cm³/mol. The van der Waals surface area contributed by atoms with E-state index in [4.69, 9.17) is 9.47 Å². The maximum absolute atomic E-state index is 13.5. The van der Waals surface area contributed by atoms with Crippen molar-refractivity contribution in [1.82, 2.24) is 4.90 Å². The maximum Gasteiger partial charge on any atom is 0.123 e. The Bertz CT molecular complexity index is 829. The second-order valence-electron chi connectivity index (χ2n) is 8.11. The molecule has 1 fully saturated rings. The molecule has 142 valence electrons. The van der Waals surface area contributed by atoms with E-state index in [1.54, 1.807) is 12.1 Å². The van der Waals surface area contributed by atoms with E-state index >= 15 is 0 Å². The molecule has 0 N–H and O–H groups in total. The van der Waals surface area contributed by atoms with Crippen LogP contribution in [0.3, 0.4) is 0 Å². The van der Waals surface area contributed by atoms with Gasteiger partial charge >= 0.3 is 0 Å². The molecule has 1 spiro atoms. The molecular formula is C23H26FNO2. The van der Waals surface area contributed by atoms with Crippen molar-refractivity contribution in [1.29, 1.82) is 0 Å². The number of hydrogen-bond acceptors (Lipinski definition) is 3. The van der Waals surface area contributed by atoms with Crippen LogP contribution < -0.4 is 4.74 Å². The first-order valence-electron chi connectivity index (χ1n) is 10.1. The minimum atomic E-state index is -0.164. The summed E-state index contributed by atoms with van der Waals surface area (Å²) < 4.78 is 25.5. The summed E-state index contributed by atoms with van der Waals surface area (Å²) >= 11 is 0. The topological polar surface area (TPSA) is 21.7 Å². The molecule has 0 aromatic heterocycles. The third-order valence-electron chi connectivity index (χ3n) is 6.55. The van der Waals surface area contributed by atoms with Crippen LogP contribution in [0.15, 0.2) is 42.5 Å². The molecule has 3 heterocycles. The van der Waals surface area contributed by atoms with Gasteiger partial charge in [0.1, 0.15) is 11.6 Å². The van der Waals surface area contributed by atoms with Gasteiger partial charge in [-0.2, -0.15) is 0 Å². The molecule has 1 atom stereocenters. The van der Waals surface area contributed by atoms with Crippen LogP contribution in [0.4, 0.5) is 4.39 Å². The third kappa shape index (κ3) is 3.15. The van der Waals surface area contributed by atoms with Crippen LogP contribution in [0.5, 0.6) is 5.75 Å². The first-order valence-corrected chi connectivity index (χ1v) is 10.1. The summed E-state index contributed by atoms with van der Waals surface area (Å²) in [7, 11) is 0. The molecule has 1 unspecified atom stereocenters. The van der Waals surface area contributed by atoms with E-state index < -0.39 is 0 Å². The van der Waals surface area contributed by atoms with Crippen LogP contribution in [-0.4, -0.2) is 31.1 Å². The summed E-state index contributed by atoms with van der Waals surface area (Å²) in [4.78, 5) is 2.55. The van der Waals surface area contributed by atoms with E-state index in [0.29, 0.717) is 12.5 Å². The highest BCUT2D eigenvalue weighted by Gasteiger charge is 2.42. The van der Waals surface area contributed by atoms with E-state index in [0.717, 1.165) is 63.2 Å². The van der Waals surface area contributed by atoms with Crippen molar-refractivity contribution in [3.8, 4) is 5.75 Å². The molecule has 1 saturated heterocycles. The number of halogens is 1. The van der Waals surface area contributed by atoms with Crippen LogP contribution in [-0.2, 0) is 16.9 Å². The standard InChI is InChI=1S/C23H26FNO2/c24-19-7-8-22-20(14-19)17(15-26-22)5-3-11-25-12-9-23(10-13-25)21-6-2-1-4-18(21)16-27-23/h1-2,4,6-8,14,17H,3,5,9-13,15-16H2. The van der Waals surface area contributed by atoms with Crippen molar-refractivity contribution in [2.24, 2.45) is 0 Å². The summed E-state index contributed by atoms with van der Waals surface area (Å²) in [6.45, 7) is 4.71. The highest BCUT2D eigenvalue weighted by molar-refractivity contribution is 5.40. The Morgan fingerprint density at radius 1 is 1.11 bits per heavy atom. The van der Waals surface area contributed by atoms with Gasteiger partial charge in [-0.1, -0.05) is 24.3 Å². The molecule has 2 aromatic carbocycles. The fourth-order valence-electron chi connectivity index (χ4n) is 4.99. The lowest BCUT2D eigenvalue weighted by Crippen LogP contribution is -2.42. The number of benzene rings is 2. The van der Waals surface area contributed by atoms with Crippen LogP contribution in [0, 0.1) is 5.82 Å². The van der Waals surface area contributed by atoms with Gasteiger partial charge in [-0.15, -0.1) is 0 Å². The average molecular weight is 367 g/mol. The van der Waals surface area contributed by atoms with Crippen molar-refractivity contribution in [2.45, 2.75) is 43.8 Å². The Kier molecular flexibility index (Phi) is 4.41. The highest BCUT2D eigenvalue weighted by atomic mass is 19.1. The number of rotatable bonds is 4. The zero-order valence-electron chi connectivity index (χ0n) is 15.6. The normalized spacial score (nSPS) is 23.2. The van der Waals surface area contributed by atoms with E-state index in [9.17, 15) is 4.39 Å². The lowest BCUT2D eigenvalue weighted by molar-refractivity contribution is -0.0788. The van der Waals surface area contributed by atoms with E-state index in [2.05, 4.69) is 29.2 Å². The van der Waals surface area contributed by atoms with Gasteiger partial charge < -0.3 is 14.4 Å². The molecule has 3 aliphatic rings. The number of fused-ring (bicyclic) bond motifs is 3. The predicted octanol–water partition coefficient (Wildman–Crippen LogP) is 4.60. The first-order chi connectivity index (χ1) is 13.2. The van der Waals surface area contributed by atoms with Gasteiger partial charge in [0.05, 0.1) is 18.8 Å². The SMILES string of the molecule is Fc1ccc2c(c1)C(CCCN1CCC3(CC1)OCc1ccccc13)CO2. The van der Waals surface area contributed by atoms with Gasteiger partial charge in [0, 0.05) is 24.6 Å². The van der Waals surface area contributed by atoms with Crippen molar-refractivity contribution in [3.63, 3.8) is 0 Å². The summed E-state index contributed by atoms with van der Waals surface area (Å²) in [5, 5.41) is 0. The summed E-state index contributed by atoms with van der Waals surface area (Å²) in [6, 6.07) is 13.6. The van der Waals surface area contributed by atoms with Gasteiger partial charge in [0.15, 0.2) is 0 Å². The fraction of sp³-hybridized carbons (Fsp3) is 0.478. The number of likely N-dealkylation sites (tertiary alicyclic amines) is 1. The van der Waals surface area contributed by atoms with E-state index in [1.165, 1.54) is 17.2 Å². The quantitative estimate of drug-likeness (QED) is 0.788. The number of hydrogen-bond donors (Lipinski definition) is 0. The number of ether oxygens (including phenoxy) is 2. The van der Waals surface area contributed by atoms with Gasteiger partial charge in [0.2, 0.25) is 0 Å². The largest absolute Gasteiger partial charge is 0.493 e. The Morgan fingerprint density at radius 3 is 2.85 bits per heavy atom. The zero-order chi connectivity index (χ0) is 18.3. The van der Waals surface area contributed by atoms with Crippen LogP contribution in [0.1, 0.15) is 48.3 Å². The van der Waals surface area contributed by atoms with Gasteiger partial charge in [-0.3, -0.25) is 0 Å². The molecule has 5 rings (SSSR count). The molecular weight excluding hydrogens is 341 g/mol. The van der Waals surface area contributed by atoms with E-state index in [-0.39, 0.29) is 11.4 Å². The summed E-state index contributed by atoms with van der Waals surface area (Å²) in [6.07, 6.45) is 4.32. The molecule has 2 aromatic rings. The molecule has 3 nitrogen and oxygen atoms in total. The van der Waals surface area contributed by atoms with Gasteiger partial charge in [-0.25, -0.2) is 4.39 Å². The van der Waals surface area contributed by atoms with Crippen LogP contribution in [0.2, 0.25) is 0 Å². The monoisotopic (exact) mass is 367 g/mol. The number of piperidine rings is 1. The van der Waals surface area contributed by atoms with Crippen molar-refractivity contribution < 1.29 is 13.9 Å². The molecule has 0 bridgehead atoms. The Balaban J connectivity index is 1.14. The molecule has 0 aliphatic carbocycles. The fourth-order valence-corrected chi connectivity index (χ4v) is 4.99. The summed E-state index contributed by atoms with van der Waals surface area (Å²) in [5.74, 6) is 1.03. The molecule has 3 aliphatic heterocycles. The zero-order valence-corrected chi connectivity index (χ0v) is 15.6. The number of nitrogens with zero attached hydrogens (tertiary/aromatic N) is 1. The second kappa shape index (κ2) is 6.92. The smallest absolute Gasteiger partial charge is 0.123 e. The molecule has 27 heavy (non-hydrogen) atoms. The molecule has 0 radical (unpaired) electrons. The van der Waals surface area contributed by atoms with Crippen LogP contribution in [0.25, 0.3) is 0 Å². The molecule has 4 heteroatoms. The summed E-state index contributed by atoms with van der Waals surface area (Å²) in [5.41, 5.74) is 3.76. The Hall–Kier alpha value is -1.91. The lowest BCUT2D eigenvalue weighted by atomic mass is 9.83.